The van der Waals surface area contributed by atoms with E-state index in [9.17, 15) is 14.7 Å². The maximum Gasteiger partial charge on any atom is 0.329 e. The van der Waals surface area contributed by atoms with Gasteiger partial charge in [-0.3, -0.25) is 9.69 Å². The molecule has 1 aliphatic rings. The van der Waals surface area contributed by atoms with Gasteiger partial charge in [0.05, 0.1) is 18.5 Å². The largest absolute Gasteiger partial charge is 0.494 e. The van der Waals surface area contributed by atoms with Crippen LogP contribution < -0.4 is 10.4 Å². The molecule has 140 valence electrons. The van der Waals surface area contributed by atoms with E-state index in [4.69, 9.17) is 4.74 Å². The number of benzene rings is 1. The molecule has 1 aromatic heterocycles. The Labute approximate surface area is 152 Å². The predicted molar refractivity (Wildman–Crippen MR) is 97.9 cm³/mol. The second-order valence-corrected chi connectivity index (χ2v) is 6.69. The first kappa shape index (κ1) is 18.3. The van der Waals surface area contributed by atoms with Crippen molar-refractivity contribution in [2.45, 2.75) is 39.3 Å². The van der Waals surface area contributed by atoms with Gasteiger partial charge in [-0.1, -0.05) is 0 Å². The molecule has 1 fully saturated rings. The van der Waals surface area contributed by atoms with Gasteiger partial charge in [0, 0.05) is 18.7 Å². The lowest BCUT2D eigenvalue weighted by atomic mass is 10.1. The number of carbonyl (C=O) groups is 1. The van der Waals surface area contributed by atoms with E-state index in [1.54, 1.807) is 31.2 Å². The molecule has 1 saturated heterocycles. The summed E-state index contributed by atoms with van der Waals surface area (Å²) in [4.78, 5) is 28.2. The average Bonchev–Trinajstić information content (AvgIpc) is 3.16. The number of aromatic amines is 1. The fraction of sp³-hybridized carbons (Fsp3) is 0.474. The Kier molecular flexibility index (Phi) is 5.46. The first-order chi connectivity index (χ1) is 12.5. The van der Waals surface area contributed by atoms with Gasteiger partial charge in [0.15, 0.2) is 5.78 Å². The number of aromatic nitrogens is 2. The average molecular weight is 359 g/mol. The highest BCUT2D eigenvalue weighted by Crippen LogP contribution is 2.29. The van der Waals surface area contributed by atoms with Crippen molar-refractivity contribution in [2.24, 2.45) is 0 Å². The van der Waals surface area contributed by atoms with Crippen molar-refractivity contribution in [2.75, 3.05) is 19.7 Å². The number of imidazole rings is 1. The van der Waals surface area contributed by atoms with Crippen LogP contribution in [0.4, 0.5) is 0 Å². The molecule has 2 aromatic rings. The summed E-state index contributed by atoms with van der Waals surface area (Å²) < 4.78 is 7.18. The van der Waals surface area contributed by atoms with Gasteiger partial charge in [-0.05, 0) is 57.4 Å². The molecule has 1 aliphatic heterocycles. The standard InChI is InChI=1S/C19H25N3O4/c1-13-18(24)22(19(25)20-13)17-5-3-10-21(17)11-4-12-26-16-8-6-15(7-9-16)14(2)23/h6-9,17,24H,3-5,10-12H2,1-2H3,(H,20,25). The molecular formula is C19H25N3O4. The summed E-state index contributed by atoms with van der Waals surface area (Å²) in [5, 5.41) is 10.1. The van der Waals surface area contributed by atoms with Gasteiger partial charge < -0.3 is 14.8 Å². The summed E-state index contributed by atoms with van der Waals surface area (Å²) >= 11 is 0. The third-order valence-electron chi connectivity index (χ3n) is 4.82. The predicted octanol–water partition coefficient (Wildman–Crippen LogP) is 2.46. The zero-order valence-corrected chi connectivity index (χ0v) is 15.2. The topological polar surface area (TPSA) is 87.6 Å². The minimum atomic E-state index is -0.265. The molecule has 1 atom stereocenters. The highest BCUT2D eigenvalue weighted by Gasteiger charge is 2.29. The lowest BCUT2D eigenvalue weighted by molar-refractivity contribution is 0.101. The second kappa shape index (κ2) is 7.78. The Morgan fingerprint density at radius 3 is 2.69 bits per heavy atom. The number of Topliss-reactive ketones (excluding diaryl/α,β-unsaturated/α-hetero) is 1. The van der Waals surface area contributed by atoms with E-state index in [1.807, 2.05) is 0 Å². The molecule has 3 rings (SSSR count). The second-order valence-electron chi connectivity index (χ2n) is 6.69. The van der Waals surface area contributed by atoms with Crippen LogP contribution in [0.5, 0.6) is 11.6 Å². The molecule has 1 unspecified atom stereocenters. The number of nitrogens with zero attached hydrogens (tertiary/aromatic N) is 2. The zero-order chi connectivity index (χ0) is 18.7. The van der Waals surface area contributed by atoms with Crippen LogP contribution in [0, 0.1) is 6.92 Å². The summed E-state index contributed by atoms with van der Waals surface area (Å²) in [5.74, 6) is 0.798. The normalized spacial score (nSPS) is 17.5. The van der Waals surface area contributed by atoms with Crippen LogP contribution in [0.3, 0.4) is 0 Å². The van der Waals surface area contributed by atoms with Crippen molar-refractivity contribution in [1.82, 2.24) is 14.5 Å². The summed E-state index contributed by atoms with van der Waals surface area (Å²) in [6.45, 7) is 5.46. The number of nitrogens with one attached hydrogen (secondary N) is 1. The van der Waals surface area contributed by atoms with Crippen molar-refractivity contribution in [3.05, 3.63) is 46.0 Å². The van der Waals surface area contributed by atoms with Crippen molar-refractivity contribution < 1.29 is 14.6 Å². The summed E-state index contributed by atoms with van der Waals surface area (Å²) in [7, 11) is 0. The Bertz CT molecular complexity index is 822. The van der Waals surface area contributed by atoms with Crippen LogP contribution >= 0.6 is 0 Å². The Morgan fingerprint density at radius 2 is 2.08 bits per heavy atom. The van der Waals surface area contributed by atoms with Gasteiger partial charge in [-0.2, -0.15) is 0 Å². The van der Waals surface area contributed by atoms with Crippen LogP contribution in [0.1, 0.15) is 48.4 Å². The Morgan fingerprint density at radius 1 is 1.35 bits per heavy atom. The van der Waals surface area contributed by atoms with Crippen molar-refractivity contribution in [1.29, 1.82) is 0 Å². The molecule has 26 heavy (non-hydrogen) atoms. The molecule has 0 saturated carbocycles. The number of carbonyl (C=O) groups excluding carboxylic acids is 1. The van der Waals surface area contributed by atoms with Crippen LogP contribution in [-0.2, 0) is 0 Å². The summed E-state index contributed by atoms with van der Waals surface area (Å²) in [6, 6.07) is 7.13. The molecular weight excluding hydrogens is 334 g/mol. The summed E-state index contributed by atoms with van der Waals surface area (Å²) in [5.41, 5.74) is 0.905. The molecule has 7 heteroatoms. The van der Waals surface area contributed by atoms with E-state index in [0.29, 0.717) is 17.9 Å². The number of likely N-dealkylation sites (tertiary alicyclic amines) is 1. The Balaban J connectivity index is 1.52. The lowest BCUT2D eigenvalue weighted by Crippen LogP contribution is -2.33. The SMILES string of the molecule is CC(=O)c1ccc(OCCCN2CCCC2n2c(O)c(C)[nH]c2=O)cc1. The highest BCUT2D eigenvalue weighted by atomic mass is 16.5. The van der Waals surface area contributed by atoms with E-state index < -0.39 is 0 Å². The smallest absolute Gasteiger partial charge is 0.329 e. The molecule has 0 bridgehead atoms. The van der Waals surface area contributed by atoms with Gasteiger partial charge in [0.25, 0.3) is 0 Å². The number of ether oxygens (including phenoxy) is 1. The molecule has 2 heterocycles. The van der Waals surface area contributed by atoms with Gasteiger partial charge >= 0.3 is 5.69 Å². The van der Waals surface area contributed by atoms with Gasteiger partial charge in [0.2, 0.25) is 5.88 Å². The molecule has 2 N–H and O–H groups in total. The molecule has 1 aromatic carbocycles. The van der Waals surface area contributed by atoms with E-state index >= 15 is 0 Å². The fourth-order valence-corrected chi connectivity index (χ4v) is 3.44. The van der Waals surface area contributed by atoms with Crippen LogP contribution in [0.15, 0.2) is 29.1 Å². The number of hydrogen-bond acceptors (Lipinski definition) is 5. The van der Waals surface area contributed by atoms with Crippen LogP contribution in [0.2, 0.25) is 0 Å². The number of hydrogen-bond donors (Lipinski definition) is 2. The van der Waals surface area contributed by atoms with Crippen LogP contribution in [0.25, 0.3) is 0 Å². The number of aryl methyl sites for hydroxylation is 1. The van der Waals surface area contributed by atoms with Crippen molar-refractivity contribution in [3.63, 3.8) is 0 Å². The molecule has 0 radical (unpaired) electrons. The summed E-state index contributed by atoms with van der Waals surface area (Å²) in [6.07, 6.45) is 2.54. The van der Waals surface area contributed by atoms with Gasteiger partial charge in [0.1, 0.15) is 5.75 Å². The number of H-pyrrole nitrogens is 1. The Hall–Kier alpha value is -2.54. The first-order valence-corrected chi connectivity index (χ1v) is 8.95. The van der Waals surface area contributed by atoms with Crippen molar-refractivity contribution in [3.8, 4) is 11.6 Å². The van der Waals surface area contributed by atoms with E-state index in [-0.39, 0.29) is 23.5 Å². The van der Waals surface area contributed by atoms with Crippen LogP contribution in [-0.4, -0.2) is 45.0 Å². The molecule has 0 aliphatic carbocycles. The zero-order valence-electron chi connectivity index (χ0n) is 15.2. The fourth-order valence-electron chi connectivity index (χ4n) is 3.44. The maximum atomic E-state index is 12.1. The lowest BCUT2D eigenvalue weighted by Gasteiger charge is -2.25. The molecule has 7 nitrogen and oxygen atoms in total. The molecule has 0 spiro atoms. The van der Waals surface area contributed by atoms with Crippen molar-refractivity contribution >= 4 is 5.78 Å². The first-order valence-electron chi connectivity index (χ1n) is 8.95. The van der Waals surface area contributed by atoms with E-state index in [2.05, 4.69) is 9.88 Å². The highest BCUT2D eigenvalue weighted by molar-refractivity contribution is 5.94. The van der Waals surface area contributed by atoms with E-state index in [0.717, 1.165) is 38.1 Å². The third kappa shape index (κ3) is 3.83. The number of aromatic hydroxyl groups is 1. The van der Waals surface area contributed by atoms with Gasteiger partial charge in [-0.15, -0.1) is 0 Å². The minimum Gasteiger partial charge on any atom is -0.494 e. The van der Waals surface area contributed by atoms with Gasteiger partial charge in [-0.25, -0.2) is 9.36 Å². The van der Waals surface area contributed by atoms with E-state index in [1.165, 1.54) is 11.5 Å². The quantitative estimate of drug-likeness (QED) is 0.586. The monoisotopic (exact) mass is 359 g/mol. The maximum absolute atomic E-state index is 12.1. The molecule has 0 amide bonds. The minimum absolute atomic E-state index is 0.0220. The number of rotatable bonds is 7. The number of ketones is 1. The third-order valence-corrected chi connectivity index (χ3v) is 4.82.